The first-order valence-electron chi connectivity index (χ1n) is 9.02. The molecule has 0 aromatic carbocycles. The van der Waals surface area contributed by atoms with Crippen LogP contribution in [0.4, 0.5) is 4.79 Å². The molecule has 0 aliphatic carbocycles. The van der Waals surface area contributed by atoms with Gasteiger partial charge in [0.05, 0.1) is 0 Å². The summed E-state index contributed by atoms with van der Waals surface area (Å²) in [6, 6.07) is 0.573. The highest BCUT2D eigenvalue weighted by molar-refractivity contribution is 5.74. The van der Waals surface area contributed by atoms with E-state index in [2.05, 4.69) is 24.1 Å². The Bertz CT molecular complexity index is 348. The molecule has 2 aliphatic rings. The molecule has 22 heavy (non-hydrogen) atoms. The van der Waals surface area contributed by atoms with Gasteiger partial charge in [-0.05, 0) is 50.6 Å². The minimum absolute atomic E-state index is 0.0408. The first-order chi connectivity index (χ1) is 10.6. The Morgan fingerprint density at radius 2 is 1.95 bits per heavy atom. The molecule has 0 aromatic heterocycles. The van der Waals surface area contributed by atoms with E-state index in [1.807, 2.05) is 4.90 Å². The highest BCUT2D eigenvalue weighted by Gasteiger charge is 2.34. The maximum Gasteiger partial charge on any atom is 0.317 e. The molecule has 0 bridgehead atoms. The molecule has 0 spiro atoms. The molecule has 2 fully saturated rings. The molecule has 0 radical (unpaired) electrons. The monoisotopic (exact) mass is 311 g/mol. The van der Waals surface area contributed by atoms with Crippen molar-refractivity contribution in [2.45, 2.75) is 58.4 Å². The van der Waals surface area contributed by atoms with Crippen LogP contribution in [0.1, 0.15) is 52.4 Å². The van der Waals surface area contributed by atoms with E-state index in [4.69, 9.17) is 0 Å². The molecule has 2 heterocycles. The lowest BCUT2D eigenvalue weighted by atomic mass is 9.77. The SMILES string of the molecule is CCN1CCCCC1CNC(=O)N1CCC(CC)(CO)CC1. The van der Waals surface area contributed by atoms with Crippen molar-refractivity contribution >= 4 is 6.03 Å². The van der Waals surface area contributed by atoms with E-state index in [9.17, 15) is 9.90 Å². The van der Waals surface area contributed by atoms with Gasteiger partial charge in [0, 0.05) is 32.3 Å². The van der Waals surface area contributed by atoms with Crippen LogP contribution >= 0.6 is 0 Å². The Morgan fingerprint density at radius 1 is 1.23 bits per heavy atom. The molecule has 0 aromatic rings. The van der Waals surface area contributed by atoms with Crippen molar-refractivity contribution in [3.05, 3.63) is 0 Å². The average Bonchev–Trinajstić information content (AvgIpc) is 2.60. The zero-order valence-electron chi connectivity index (χ0n) is 14.3. The smallest absolute Gasteiger partial charge is 0.317 e. The van der Waals surface area contributed by atoms with Crippen molar-refractivity contribution in [3.63, 3.8) is 0 Å². The van der Waals surface area contributed by atoms with Crippen LogP contribution in [0.3, 0.4) is 0 Å². The molecular formula is C17H33N3O2. The van der Waals surface area contributed by atoms with Crippen molar-refractivity contribution in [2.75, 3.05) is 39.3 Å². The van der Waals surface area contributed by atoms with Gasteiger partial charge in [0.2, 0.25) is 0 Å². The largest absolute Gasteiger partial charge is 0.396 e. The van der Waals surface area contributed by atoms with Gasteiger partial charge >= 0.3 is 6.03 Å². The zero-order chi connectivity index (χ0) is 16.0. The Balaban J connectivity index is 1.76. The number of hydrogen-bond donors (Lipinski definition) is 2. The highest BCUT2D eigenvalue weighted by Crippen LogP contribution is 2.34. The number of amides is 2. The van der Waals surface area contributed by atoms with Crippen LogP contribution in [0.5, 0.6) is 0 Å². The fraction of sp³-hybridized carbons (Fsp3) is 0.941. The van der Waals surface area contributed by atoms with Gasteiger partial charge in [0.1, 0.15) is 0 Å². The van der Waals surface area contributed by atoms with Gasteiger partial charge in [-0.1, -0.05) is 20.3 Å². The van der Waals surface area contributed by atoms with Gasteiger partial charge < -0.3 is 15.3 Å². The lowest BCUT2D eigenvalue weighted by molar-refractivity contribution is 0.0513. The molecule has 5 heteroatoms. The first-order valence-corrected chi connectivity index (χ1v) is 9.02. The Kier molecular flexibility index (Phi) is 6.50. The number of piperidine rings is 2. The van der Waals surface area contributed by atoms with Crippen molar-refractivity contribution in [1.82, 2.24) is 15.1 Å². The summed E-state index contributed by atoms with van der Waals surface area (Å²) >= 11 is 0. The fourth-order valence-electron chi connectivity index (χ4n) is 3.83. The minimum atomic E-state index is 0.0408. The number of likely N-dealkylation sites (N-methyl/N-ethyl adjacent to an activating group) is 1. The van der Waals surface area contributed by atoms with Crippen molar-refractivity contribution in [1.29, 1.82) is 0 Å². The summed E-state index contributed by atoms with van der Waals surface area (Å²) in [5.41, 5.74) is 0.0408. The topological polar surface area (TPSA) is 55.8 Å². The molecule has 1 unspecified atom stereocenters. The number of carbonyl (C=O) groups is 1. The highest BCUT2D eigenvalue weighted by atomic mass is 16.3. The van der Waals surface area contributed by atoms with Crippen molar-refractivity contribution in [3.8, 4) is 0 Å². The van der Waals surface area contributed by atoms with Crippen LogP contribution in [0.25, 0.3) is 0 Å². The van der Waals surface area contributed by atoms with Crippen LogP contribution in [-0.2, 0) is 0 Å². The van der Waals surface area contributed by atoms with Crippen molar-refractivity contribution < 1.29 is 9.90 Å². The van der Waals surface area contributed by atoms with Gasteiger partial charge in [0.25, 0.3) is 0 Å². The summed E-state index contributed by atoms with van der Waals surface area (Å²) in [6.07, 6.45) is 6.57. The molecule has 1 atom stereocenters. The van der Waals surface area contributed by atoms with Crippen LogP contribution in [0.15, 0.2) is 0 Å². The van der Waals surface area contributed by atoms with Gasteiger partial charge in [-0.25, -0.2) is 4.79 Å². The third-order valence-corrected chi connectivity index (χ3v) is 5.84. The van der Waals surface area contributed by atoms with E-state index in [0.29, 0.717) is 6.04 Å². The van der Waals surface area contributed by atoms with E-state index in [-0.39, 0.29) is 18.1 Å². The maximum absolute atomic E-state index is 12.4. The number of aliphatic hydroxyl groups excluding tert-OH is 1. The van der Waals surface area contributed by atoms with E-state index >= 15 is 0 Å². The molecule has 2 N–H and O–H groups in total. The number of nitrogens with one attached hydrogen (secondary N) is 1. The Labute approximate surface area is 135 Å². The zero-order valence-corrected chi connectivity index (χ0v) is 14.3. The summed E-state index contributed by atoms with van der Waals surface area (Å²) in [5.74, 6) is 0. The number of hydrogen-bond acceptors (Lipinski definition) is 3. The lowest BCUT2D eigenvalue weighted by Crippen LogP contribution is -2.52. The number of urea groups is 1. The van der Waals surface area contributed by atoms with E-state index in [1.165, 1.54) is 19.3 Å². The maximum atomic E-state index is 12.4. The summed E-state index contributed by atoms with van der Waals surface area (Å²) in [5, 5.41) is 12.7. The Morgan fingerprint density at radius 3 is 2.55 bits per heavy atom. The first kappa shape index (κ1) is 17.5. The normalized spacial score (nSPS) is 26.0. The van der Waals surface area contributed by atoms with E-state index in [0.717, 1.165) is 52.0 Å². The second kappa shape index (κ2) is 8.16. The predicted molar refractivity (Wildman–Crippen MR) is 88.9 cm³/mol. The standard InChI is InChI=1S/C17H33N3O2/c1-3-17(14-21)8-11-20(12-9-17)16(22)18-13-15-7-5-6-10-19(15)4-2/h15,21H,3-14H2,1-2H3,(H,18,22). The summed E-state index contributed by atoms with van der Waals surface area (Å²) < 4.78 is 0. The van der Waals surface area contributed by atoms with E-state index < -0.39 is 0 Å². The molecule has 2 aliphatic heterocycles. The third-order valence-electron chi connectivity index (χ3n) is 5.84. The average molecular weight is 311 g/mol. The second-order valence-corrected chi connectivity index (χ2v) is 6.96. The predicted octanol–water partition coefficient (Wildman–Crippen LogP) is 2.05. The van der Waals surface area contributed by atoms with Crippen LogP contribution in [0.2, 0.25) is 0 Å². The fourth-order valence-corrected chi connectivity index (χ4v) is 3.83. The van der Waals surface area contributed by atoms with Crippen LogP contribution in [0, 0.1) is 5.41 Å². The molecule has 128 valence electrons. The summed E-state index contributed by atoms with van der Waals surface area (Å²) in [7, 11) is 0. The van der Waals surface area contributed by atoms with Gasteiger partial charge in [-0.2, -0.15) is 0 Å². The third kappa shape index (κ3) is 4.13. The number of carbonyl (C=O) groups excluding carboxylic acids is 1. The lowest BCUT2D eigenvalue weighted by Gasteiger charge is -2.40. The molecule has 2 amide bonds. The van der Waals surface area contributed by atoms with Crippen LogP contribution in [-0.4, -0.2) is 66.3 Å². The number of rotatable bonds is 5. The van der Waals surface area contributed by atoms with E-state index in [1.54, 1.807) is 0 Å². The molecule has 5 nitrogen and oxygen atoms in total. The number of nitrogens with zero attached hydrogens (tertiary/aromatic N) is 2. The number of likely N-dealkylation sites (tertiary alicyclic amines) is 2. The second-order valence-electron chi connectivity index (χ2n) is 6.96. The quantitative estimate of drug-likeness (QED) is 0.817. The minimum Gasteiger partial charge on any atom is -0.396 e. The van der Waals surface area contributed by atoms with Gasteiger partial charge in [0.15, 0.2) is 0 Å². The number of aliphatic hydroxyl groups is 1. The summed E-state index contributed by atoms with van der Waals surface area (Å²) in [6.45, 7) is 9.10. The van der Waals surface area contributed by atoms with Gasteiger partial charge in [-0.15, -0.1) is 0 Å². The molecule has 0 saturated carbocycles. The summed E-state index contributed by atoms with van der Waals surface area (Å²) in [4.78, 5) is 16.8. The molecule has 2 rings (SSSR count). The van der Waals surface area contributed by atoms with Gasteiger partial charge in [-0.3, -0.25) is 4.90 Å². The Hall–Kier alpha value is -0.810. The molecule has 2 saturated heterocycles. The van der Waals surface area contributed by atoms with Crippen molar-refractivity contribution in [2.24, 2.45) is 5.41 Å². The molecular weight excluding hydrogens is 278 g/mol. The van der Waals surface area contributed by atoms with Crippen LogP contribution < -0.4 is 5.32 Å².